The number of nitrogens with one attached hydrogen (secondary N) is 1. The third-order valence-corrected chi connectivity index (χ3v) is 4.34. The highest BCUT2D eigenvalue weighted by Gasteiger charge is 2.24. The van der Waals surface area contributed by atoms with E-state index in [4.69, 9.17) is 21.1 Å². The number of aromatic amines is 1. The van der Waals surface area contributed by atoms with Gasteiger partial charge < -0.3 is 14.5 Å². The number of methoxy groups -OCH3 is 1. The van der Waals surface area contributed by atoms with Crippen molar-refractivity contribution in [3.8, 4) is 16.9 Å². The van der Waals surface area contributed by atoms with Crippen molar-refractivity contribution in [1.29, 1.82) is 0 Å². The maximum Gasteiger partial charge on any atom is 0.355 e. The molecule has 0 atom stereocenters. The molecule has 0 aliphatic rings. The SMILES string of the molecule is CCOC(=O)c1[nH]cc(C(=O)c2ccc(OC)cc2)c1-c1ccc(Cl)cc1. The zero-order chi connectivity index (χ0) is 19.4. The fourth-order valence-corrected chi connectivity index (χ4v) is 2.91. The minimum absolute atomic E-state index is 0.214. The van der Waals surface area contributed by atoms with E-state index in [9.17, 15) is 9.59 Å². The lowest BCUT2D eigenvalue weighted by Gasteiger charge is -2.08. The Morgan fingerprint density at radius 2 is 1.70 bits per heavy atom. The number of H-pyrrole nitrogens is 1. The lowest BCUT2D eigenvalue weighted by atomic mass is 9.96. The number of carbonyl (C=O) groups excluding carboxylic acids is 2. The molecule has 2 aromatic carbocycles. The maximum absolute atomic E-state index is 13.1. The van der Waals surface area contributed by atoms with E-state index in [0.717, 1.165) is 0 Å². The Balaban J connectivity index is 2.10. The molecule has 0 bridgehead atoms. The van der Waals surface area contributed by atoms with Crippen molar-refractivity contribution < 1.29 is 19.1 Å². The Bertz CT molecular complexity index is 959. The van der Waals surface area contributed by atoms with Gasteiger partial charge in [0.05, 0.1) is 13.7 Å². The van der Waals surface area contributed by atoms with Crippen LogP contribution in [0.2, 0.25) is 5.02 Å². The third kappa shape index (κ3) is 3.88. The van der Waals surface area contributed by atoms with Gasteiger partial charge in [0.25, 0.3) is 0 Å². The average molecular weight is 384 g/mol. The Hall–Kier alpha value is -3.05. The van der Waals surface area contributed by atoms with Crippen LogP contribution in [0.5, 0.6) is 5.75 Å². The molecule has 0 unspecified atom stereocenters. The molecular weight excluding hydrogens is 366 g/mol. The van der Waals surface area contributed by atoms with Crippen LogP contribution < -0.4 is 4.74 Å². The van der Waals surface area contributed by atoms with Crippen LogP contribution in [0.4, 0.5) is 0 Å². The van der Waals surface area contributed by atoms with Crippen LogP contribution in [-0.4, -0.2) is 30.5 Å². The van der Waals surface area contributed by atoms with Crippen molar-refractivity contribution in [2.75, 3.05) is 13.7 Å². The summed E-state index contributed by atoms with van der Waals surface area (Å²) in [7, 11) is 1.56. The molecule has 0 aliphatic heterocycles. The van der Waals surface area contributed by atoms with Crippen LogP contribution in [-0.2, 0) is 4.74 Å². The Kier molecular flexibility index (Phi) is 5.62. The molecular formula is C21H18ClNO4. The summed E-state index contributed by atoms with van der Waals surface area (Å²) in [5.41, 5.74) is 2.29. The van der Waals surface area contributed by atoms with Gasteiger partial charge in [-0.15, -0.1) is 0 Å². The first kappa shape index (κ1) is 18.7. The summed E-state index contributed by atoms with van der Waals surface area (Å²) in [5.74, 6) is -0.0728. The average Bonchev–Trinajstić information content (AvgIpc) is 3.13. The van der Waals surface area contributed by atoms with Gasteiger partial charge in [-0.3, -0.25) is 4.79 Å². The van der Waals surface area contributed by atoms with E-state index in [-0.39, 0.29) is 18.1 Å². The molecule has 1 heterocycles. The molecule has 0 saturated carbocycles. The van der Waals surface area contributed by atoms with E-state index in [1.165, 1.54) is 6.20 Å². The molecule has 1 aromatic heterocycles. The number of benzene rings is 2. The molecule has 0 fully saturated rings. The van der Waals surface area contributed by atoms with Gasteiger partial charge in [-0.25, -0.2) is 4.79 Å². The number of carbonyl (C=O) groups is 2. The molecule has 6 heteroatoms. The van der Waals surface area contributed by atoms with Crippen molar-refractivity contribution in [3.63, 3.8) is 0 Å². The van der Waals surface area contributed by atoms with Crippen molar-refractivity contribution in [3.05, 3.63) is 76.6 Å². The number of halogens is 1. The van der Waals surface area contributed by atoms with Crippen LogP contribution in [0.1, 0.15) is 33.3 Å². The Morgan fingerprint density at radius 1 is 1.04 bits per heavy atom. The van der Waals surface area contributed by atoms with Crippen molar-refractivity contribution >= 4 is 23.4 Å². The van der Waals surface area contributed by atoms with E-state index in [1.54, 1.807) is 62.6 Å². The number of ketones is 1. The minimum Gasteiger partial charge on any atom is -0.497 e. The topological polar surface area (TPSA) is 68.4 Å². The molecule has 27 heavy (non-hydrogen) atoms. The van der Waals surface area contributed by atoms with Gasteiger partial charge in [-0.1, -0.05) is 23.7 Å². The maximum atomic E-state index is 13.1. The molecule has 0 spiro atoms. The van der Waals surface area contributed by atoms with Gasteiger partial charge in [-0.05, 0) is 48.9 Å². The van der Waals surface area contributed by atoms with E-state index >= 15 is 0 Å². The molecule has 138 valence electrons. The lowest BCUT2D eigenvalue weighted by Crippen LogP contribution is -2.08. The number of esters is 1. The summed E-state index contributed by atoms with van der Waals surface area (Å²) in [6.07, 6.45) is 1.53. The standard InChI is InChI=1S/C21H18ClNO4/c1-3-27-21(25)19-18(13-4-8-15(22)9-5-13)17(12-23-19)20(24)14-6-10-16(26-2)11-7-14/h4-12,23H,3H2,1-2H3. The van der Waals surface area contributed by atoms with Gasteiger partial charge in [0.1, 0.15) is 11.4 Å². The molecule has 3 rings (SSSR count). The van der Waals surface area contributed by atoms with Gasteiger partial charge in [0, 0.05) is 27.9 Å². The number of aromatic nitrogens is 1. The first-order valence-electron chi connectivity index (χ1n) is 8.38. The summed E-state index contributed by atoms with van der Waals surface area (Å²) in [5, 5.41) is 0.565. The highest BCUT2D eigenvalue weighted by atomic mass is 35.5. The summed E-state index contributed by atoms with van der Waals surface area (Å²) < 4.78 is 10.2. The first-order chi connectivity index (χ1) is 13.0. The molecule has 0 saturated heterocycles. The Labute approximate surface area is 161 Å². The molecule has 1 N–H and O–H groups in total. The molecule has 0 amide bonds. The largest absolute Gasteiger partial charge is 0.497 e. The number of ether oxygens (including phenoxy) is 2. The zero-order valence-electron chi connectivity index (χ0n) is 14.9. The van der Waals surface area contributed by atoms with Crippen LogP contribution in [0.15, 0.2) is 54.7 Å². The van der Waals surface area contributed by atoms with Crippen LogP contribution >= 0.6 is 11.6 Å². The third-order valence-electron chi connectivity index (χ3n) is 4.09. The smallest absolute Gasteiger partial charge is 0.355 e. The first-order valence-corrected chi connectivity index (χ1v) is 8.76. The van der Waals surface area contributed by atoms with Crippen LogP contribution in [0, 0.1) is 0 Å². The molecule has 3 aromatic rings. The second-order valence-electron chi connectivity index (χ2n) is 5.74. The number of hydrogen-bond donors (Lipinski definition) is 1. The van der Waals surface area contributed by atoms with Gasteiger partial charge in [0.2, 0.25) is 0 Å². The van der Waals surface area contributed by atoms with Gasteiger partial charge in [-0.2, -0.15) is 0 Å². The van der Waals surface area contributed by atoms with Crippen LogP contribution in [0.25, 0.3) is 11.1 Å². The van der Waals surface area contributed by atoms with E-state index < -0.39 is 5.97 Å². The minimum atomic E-state index is -0.517. The fraction of sp³-hybridized carbons (Fsp3) is 0.143. The number of rotatable bonds is 6. The van der Waals surface area contributed by atoms with Gasteiger partial charge in [0.15, 0.2) is 5.78 Å². The lowest BCUT2D eigenvalue weighted by molar-refractivity contribution is 0.0521. The predicted molar refractivity (Wildman–Crippen MR) is 104 cm³/mol. The second-order valence-corrected chi connectivity index (χ2v) is 6.17. The summed E-state index contributed by atoms with van der Waals surface area (Å²) in [4.78, 5) is 28.3. The van der Waals surface area contributed by atoms with Crippen LogP contribution in [0.3, 0.4) is 0 Å². The van der Waals surface area contributed by atoms with E-state index in [0.29, 0.717) is 33.0 Å². The van der Waals surface area contributed by atoms with E-state index in [1.807, 2.05) is 0 Å². The predicted octanol–water partition coefficient (Wildman–Crippen LogP) is 4.75. The van der Waals surface area contributed by atoms with Crippen molar-refractivity contribution in [2.24, 2.45) is 0 Å². The fourth-order valence-electron chi connectivity index (χ4n) is 2.78. The summed E-state index contributed by atoms with van der Waals surface area (Å²) >= 11 is 5.97. The highest BCUT2D eigenvalue weighted by molar-refractivity contribution is 6.30. The second kappa shape index (κ2) is 8.10. The van der Waals surface area contributed by atoms with Crippen molar-refractivity contribution in [1.82, 2.24) is 4.98 Å². The molecule has 0 radical (unpaired) electrons. The molecule has 0 aliphatic carbocycles. The zero-order valence-corrected chi connectivity index (χ0v) is 15.7. The van der Waals surface area contributed by atoms with Gasteiger partial charge >= 0.3 is 5.97 Å². The Morgan fingerprint density at radius 3 is 2.30 bits per heavy atom. The number of hydrogen-bond acceptors (Lipinski definition) is 4. The monoisotopic (exact) mass is 383 g/mol. The summed E-state index contributed by atoms with van der Waals surface area (Å²) in [6.45, 7) is 1.96. The summed E-state index contributed by atoms with van der Waals surface area (Å²) in [6, 6.07) is 13.7. The quantitative estimate of drug-likeness (QED) is 0.492. The highest BCUT2D eigenvalue weighted by Crippen LogP contribution is 2.31. The molecule has 5 nitrogen and oxygen atoms in total. The normalized spacial score (nSPS) is 10.5. The van der Waals surface area contributed by atoms with E-state index in [2.05, 4.69) is 4.98 Å². The van der Waals surface area contributed by atoms with Crippen molar-refractivity contribution in [2.45, 2.75) is 6.92 Å².